The maximum absolute atomic E-state index is 13.7. The molecule has 174 valence electrons. The van der Waals surface area contributed by atoms with Crippen LogP contribution in [-0.4, -0.2) is 35.6 Å². The molecule has 3 aromatic carbocycles. The summed E-state index contributed by atoms with van der Waals surface area (Å²) in [6.45, 7) is 2.36. The Kier molecular flexibility index (Phi) is 6.35. The number of rotatable bonds is 7. The lowest BCUT2D eigenvalue weighted by atomic mass is 9.88. The third kappa shape index (κ3) is 4.56. The summed E-state index contributed by atoms with van der Waals surface area (Å²) in [7, 11) is 1.67. The van der Waals surface area contributed by atoms with Gasteiger partial charge in [0.1, 0.15) is 11.6 Å². The minimum atomic E-state index is -0.268. The molecule has 0 N–H and O–H groups in total. The number of ether oxygens (including phenoxy) is 1. The molecule has 1 aliphatic heterocycles. The predicted molar refractivity (Wildman–Crippen MR) is 133 cm³/mol. The normalized spacial score (nSPS) is 14.5. The first-order chi connectivity index (χ1) is 16.6. The molecule has 0 aliphatic carbocycles. The predicted octanol–water partition coefficient (Wildman–Crippen LogP) is 5.98. The van der Waals surface area contributed by atoms with Crippen LogP contribution < -0.4 is 4.74 Å². The first-order valence-electron chi connectivity index (χ1n) is 11.9. The van der Waals surface area contributed by atoms with Crippen molar-refractivity contribution < 1.29 is 13.9 Å². The summed E-state index contributed by atoms with van der Waals surface area (Å²) in [5.74, 6) is 0.587. The molecule has 4 nitrogen and oxygen atoms in total. The van der Waals surface area contributed by atoms with Crippen molar-refractivity contribution in [2.24, 2.45) is 0 Å². The van der Waals surface area contributed by atoms with E-state index in [1.54, 1.807) is 7.11 Å². The molecular weight excluding hydrogens is 427 g/mol. The van der Waals surface area contributed by atoms with E-state index in [0.29, 0.717) is 13.0 Å². The van der Waals surface area contributed by atoms with Crippen LogP contribution in [0.4, 0.5) is 4.39 Å². The molecule has 0 radical (unpaired) electrons. The maximum atomic E-state index is 13.7. The van der Waals surface area contributed by atoms with E-state index in [2.05, 4.69) is 35.0 Å². The highest BCUT2D eigenvalue weighted by Gasteiger charge is 2.26. The maximum Gasteiger partial charge on any atom is 0.223 e. The number of nitrogens with zero attached hydrogens (tertiary/aromatic N) is 2. The van der Waals surface area contributed by atoms with Gasteiger partial charge in [-0.3, -0.25) is 4.79 Å². The van der Waals surface area contributed by atoms with Crippen LogP contribution in [0.5, 0.6) is 5.75 Å². The van der Waals surface area contributed by atoms with Gasteiger partial charge >= 0.3 is 0 Å². The minimum absolute atomic E-state index is 0.143. The molecule has 1 atom stereocenters. The molecule has 1 aliphatic rings. The first kappa shape index (κ1) is 22.2. The smallest absolute Gasteiger partial charge is 0.223 e. The Morgan fingerprint density at radius 3 is 2.38 bits per heavy atom. The van der Waals surface area contributed by atoms with E-state index in [4.69, 9.17) is 4.74 Å². The highest BCUT2D eigenvalue weighted by atomic mass is 19.1. The second-order valence-corrected chi connectivity index (χ2v) is 8.97. The van der Waals surface area contributed by atoms with E-state index < -0.39 is 0 Å². The van der Waals surface area contributed by atoms with Gasteiger partial charge in [0.2, 0.25) is 5.91 Å². The Labute approximate surface area is 199 Å². The largest absolute Gasteiger partial charge is 0.497 e. The van der Waals surface area contributed by atoms with Crippen LogP contribution in [-0.2, 0) is 11.3 Å². The molecule has 0 spiro atoms. The lowest BCUT2D eigenvalue weighted by molar-refractivity contribution is -0.130. The van der Waals surface area contributed by atoms with Gasteiger partial charge in [0.25, 0.3) is 0 Å². The van der Waals surface area contributed by atoms with Crippen LogP contribution in [0.25, 0.3) is 10.9 Å². The highest BCUT2D eigenvalue weighted by Crippen LogP contribution is 2.36. The third-order valence-corrected chi connectivity index (χ3v) is 6.82. The lowest BCUT2D eigenvalue weighted by Gasteiger charge is -2.21. The summed E-state index contributed by atoms with van der Waals surface area (Å²) >= 11 is 0. The Balaban J connectivity index is 1.55. The standard InChI is InChI=1S/C29H29FN2O2/c1-34-24-14-8-21(9-15-24)19-32-20-27(25-6-2-3-7-28(25)32)26(22-10-12-23(30)13-11-22)18-29(33)31-16-4-5-17-31/h2-3,6-15,20,26H,4-5,16-19H2,1H3/t26-/m1/s1. The van der Waals surface area contributed by atoms with Gasteiger partial charge < -0.3 is 14.2 Å². The number of fused-ring (bicyclic) bond motifs is 1. The van der Waals surface area contributed by atoms with Crippen molar-refractivity contribution in [2.75, 3.05) is 20.2 Å². The van der Waals surface area contributed by atoms with Gasteiger partial charge in [-0.1, -0.05) is 42.5 Å². The van der Waals surface area contributed by atoms with Crippen molar-refractivity contribution in [3.05, 3.63) is 102 Å². The molecule has 1 saturated heterocycles. The number of methoxy groups -OCH3 is 1. The van der Waals surface area contributed by atoms with Gasteiger partial charge in [-0.25, -0.2) is 4.39 Å². The molecule has 0 bridgehead atoms. The summed E-state index contributed by atoms with van der Waals surface area (Å²) in [5.41, 5.74) is 4.35. The van der Waals surface area contributed by atoms with Crippen LogP contribution in [0.2, 0.25) is 0 Å². The summed E-state index contributed by atoms with van der Waals surface area (Å²) in [6.07, 6.45) is 4.67. The summed E-state index contributed by atoms with van der Waals surface area (Å²) < 4.78 is 21.3. The Bertz CT molecular complexity index is 1270. The molecule has 5 heteroatoms. The van der Waals surface area contributed by atoms with Crippen molar-refractivity contribution in [3.63, 3.8) is 0 Å². The van der Waals surface area contributed by atoms with Crippen molar-refractivity contribution in [3.8, 4) is 5.75 Å². The highest BCUT2D eigenvalue weighted by molar-refractivity contribution is 5.87. The van der Waals surface area contributed by atoms with Crippen LogP contribution in [0.15, 0.2) is 79.0 Å². The van der Waals surface area contributed by atoms with Crippen LogP contribution in [0.3, 0.4) is 0 Å². The molecule has 5 rings (SSSR count). The van der Waals surface area contributed by atoms with Gasteiger partial charge in [0.15, 0.2) is 0 Å². The average molecular weight is 457 g/mol. The molecule has 0 unspecified atom stereocenters. The fraction of sp³-hybridized carbons (Fsp3) is 0.276. The molecule has 1 aromatic heterocycles. The van der Waals surface area contributed by atoms with Crippen LogP contribution in [0.1, 0.15) is 41.9 Å². The minimum Gasteiger partial charge on any atom is -0.497 e. The quantitative estimate of drug-likeness (QED) is 0.343. The molecule has 1 amide bonds. The second kappa shape index (κ2) is 9.72. The topological polar surface area (TPSA) is 34.5 Å². The zero-order valence-electron chi connectivity index (χ0n) is 19.4. The number of halogens is 1. The number of aromatic nitrogens is 1. The number of hydrogen-bond acceptors (Lipinski definition) is 2. The number of para-hydroxylation sites is 1. The number of benzene rings is 3. The van der Waals surface area contributed by atoms with Gasteiger partial charge in [-0.2, -0.15) is 0 Å². The summed E-state index contributed by atoms with van der Waals surface area (Å²) in [6, 6.07) is 23.0. The fourth-order valence-corrected chi connectivity index (χ4v) is 4.98. The van der Waals surface area contributed by atoms with E-state index >= 15 is 0 Å². The Hall–Kier alpha value is -3.60. The molecule has 2 heterocycles. The fourth-order valence-electron chi connectivity index (χ4n) is 4.98. The SMILES string of the molecule is COc1ccc(Cn2cc([C@H](CC(=O)N3CCCC3)c3ccc(F)cc3)c3ccccc32)cc1. The van der Waals surface area contributed by atoms with Crippen molar-refractivity contribution >= 4 is 16.8 Å². The average Bonchev–Trinajstić information content (AvgIpc) is 3.53. The number of carbonyl (C=O) groups excluding carboxylic acids is 1. The van der Waals surface area contributed by atoms with Gasteiger partial charge in [0.05, 0.1) is 7.11 Å². The summed E-state index contributed by atoms with van der Waals surface area (Å²) in [4.78, 5) is 15.2. The Morgan fingerprint density at radius 1 is 0.971 bits per heavy atom. The van der Waals surface area contributed by atoms with E-state index in [9.17, 15) is 9.18 Å². The van der Waals surface area contributed by atoms with Crippen molar-refractivity contribution in [2.45, 2.75) is 31.7 Å². The lowest BCUT2D eigenvalue weighted by Crippen LogP contribution is -2.29. The number of likely N-dealkylation sites (tertiary alicyclic amines) is 1. The zero-order chi connectivity index (χ0) is 23.5. The Morgan fingerprint density at radius 2 is 1.68 bits per heavy atom. The monoisotopic (exact) mass is 456 g/mol. The molecule has 1 fully saturated rings. The molecule has 4 aromatic rings. The number of hydrogen-bond donors (Lipinski definition) is 0. The van der Waals surface area contributed by atoms with E-state index in [1.165, 1.54) is 17.7 Å². The second-order valence-electron chi connectivity index (χ2n) is 8.97. The van der Waals surface area contributed by atoms with Crippen molar-refractivity contribution in [1.29, 1.82) is 0 Å². The summed E-state index contributed by atoms with van der Waals surface area (Å²) in [5, 5.41) is 1.12. The third-order valence-electron chi connectivity index (χ3n) is 6.82. The first-order valence-corrected chi connectivity index (χ1v) is 11.9. The van der Waals surface area contributed by atoms with E-state index in [0.717, 1.165) is 53.7 Å². The van der Waals surface area contributed by atoms with E-state index in [1.807, 2.05) is 41.3 Å². The molecular formula is C29H29FN2O2. The van der Waals surface area contributed by atoms with Crippen LogP contribution in [0, 0.1) is 5.82 Å². The van der Waals surface area contributed by atoms with Gasteiger partial charge in [0, 0.05) is 49.1 Å². The molecule has 0 saturated carbocycles. The van der Waals surface area contributed by atoms with Crippen LogP contribution >= 0.6 is 0 Å². The van der Waals surface area contributed by atoms with Gasteiger partial charge in [-0.15, -0.1) is 0 Å². The van der Waals surface area contributed by atoms with Gasteiger partial charge in [-0.05, 0) is 59.9 Å². The van der Waals surface area contributed by atoms with Crippen molar-refractivity contribution in [1.82, 2.24) is 9.47 Å². The number of carbonyl (C=O) groups is 1. The number of amides is 1. The zero-order valence-corrected chi connectivity index (χ0v) is 19.4. The molecule has 34 heavy (non-hydrogen) atoms. The van der Waals surface area contributed by atoms with E-state index in [-0.39, 0.29) is 17.6 Å².